The summed E-state index contributed by atoms with van der Waals surface area (Å²) in [5.74, 6) is 0. The van der Waals surface area contributed by atoms with Crippen LogP contribution in [0.4, 0.5) is 0 Å². The highest BCUT2D eigenvalue weighted by Gasteiger charge is 2.12. The van der Waals surface area contributed by atoms with Crippen LogP contribution in [0.2, 0.25) is 0 Å². The van der Waals surface area contributed by atoms with Gasteiger partial charge in [0, 0.05) is 26.8 Å². The molecule has 0 aliphatic heterocycles. The molecule has 0 aliphatic carbocycles. The van der Waals surface area contributed by atoms with Crippen molar-refractivity contribution in [3.63, 3.8) is 0 Å². The molecule has 1 N–H and O–H groups in total. The van der Waals surface area contributed by atoms with Crippen LogP contribution in [0.15, 0.2) is 42.5 Å². The molecule has 0 amide bonds. The number of methoxy groups -OCH3 is 2. The fourth-order valence-corrected chi connectivity index (χ4v) is 2.44. The van der Waals surface area contributed by atoms with E-state index in [9.17, 15) is 0 Å². The molecule has 0 bridgehead atoms. The van der Waals surface area contributed by atoms with Gasteiger partial charge in [-0.2, -0.15) is 0 Å². The van der Waals surface area contributed by atoms with Crippen molar-refractivity contribution in [3.05, 3.63) is 48.0 Å². The van der Waals surface area contributed by atoms with Crippen LogP contribution in [0.1, 0.15) is 18.5 Å². The molecule has 0 saturated carbocycles. The van der Waals surface area contributed by atoms with Crippen molar-refractivity contribution in [2.75, 3.05) is 27.4 Å². The summed E-state index contributed by atoms with van der Waals surface area (Å²) in [7, 11) is 3.41. The van der Waals surface area contributed by atoms with Gasteiger partial charge in [0.1, 0.15) is 0 Å². The third-order valence-corrected chi connectivity index (χ3v) is 3.63. The number of fused-ring (bicyclic) bond motifs is 1. The number of hydrogen-bond donors (Lipinski definition) is 1. The van der Waals surface area contributed by atoms with E-state index in [0.29, 0.717) is 6.61 Å². The molecule has 0 aliphatic rings. The van der Waals surface area contributed by atoms with Crippen LogP contribution in [0.3, 0.4) is 0 Å². The minimum absolute atomic E-state index is 0.0810. The van der Waals surface area contributed by atoms with E-state index in [0.717, 1.165) is 6.54 Å². The Kier molecular flexibility index (Phi) is 5.53. The standard InChI is InChI=1S/C17H23NO2/c1-13(18-11-15(20-3)12-19-2)16-10-6-8-14-7-4-5-9-17(14)16/h4-10,13,15,18H,11-12H2,1-3H3. The first kappa shape index (κ1) is 15.0. The third kappa shape index (κ3) is 3.57. The van der Waals surface area contributed by atoms with Gasteiger partial charge in [-0.25, -0.2) is 0 Å². The number of hydrogen-bond acceptors (Lipinski definition) is 3. The Morgan fingerprint density at radius 1 is 1.05 bits per heavy atom. The van der Waals surface area contributed by atoms with E-state index < -0.39 is 0 Å². The Bertz CT molecular complexity index is 536. The molecule has 2 unspecified atom stereocenters. The van der Waals surface area contributed by atoms with Gasteiger partial charge in [0.25, 0.3) is 0 Å². The number of nitrogens with one attached hydrogen (secondary N) is 1. The zero-order chi connectivity index (χ0) is 14.4. The molecule has 2 aromatic carbocycles. The molecule has 108 valence electrons. The molecule has 0 aromatic heterocycles. The Labute approximate surface area is 120 Å². The summed E-state index contributed by atoms with van der Waals surface area (Å²) in [6.07, 6.45) is 0.0810. The van der Waals surface area contributed by atoms with Gasteiger partial charge in [-0.3, -0.25) is 0 Å². The van der Waals surface area contributed by atoms with E-state index in [1.807, 2.05) is 0 Å². The average Bonchev–Trinajstić information content (AvgIpc) is 2.50. The lowest BCUT2D eigenvalue weighted by Crippen LogP contribution is -2.33. The molecular weight excluding hydrogens is 250 g/mol. The van der Waals surface area contributed by atoms with Gasteiger partial charge in [-0.15, -0.1) is 0 Å². The second-order valence-electron chi connectivity index (χ2n) is 5.01. The van der Waals surface area contributed by atoms with Gasteiger partial charge in [-0.1, -0.05) is 42.5 Å². The average molecular weight is 273 g/mol. The Morgan fingerprint density at radius 2 is 1.80 bits per heavy atom. The van der Waals surface area contributed by atoms with Crippen molar-refractivity contribution in [1.29, 1.82) is 0 Å². The van der Waals surface area contributed by atoms with E-state index in [-0.39, 0.29) is 12.1 Å². The molecule has 3 heteroatoms. The van der Waals surface area contributed by atoms with Crippen molar-refractivity contribution in [3.8, 4) is 0 Å². The van der Waals surface area contributed by atoms with Gasteiger partial charge < -0.3 is 14.8 Å². The molecule has 0 heterocycles. The van der Waals surface area contributed by atoms with Crippen LogP contribution in [0.25, 0.3) is 10.8 Å². The highest BCUT2D eigenvalue weighted by atomic mass is 16.5. The molecule has 20 heavy (non-hydrogen) atoms. The first-order valence-electron chi connectivity index (χ1n) is 6.99. The van der Waals surface area contributed by atoms with Crippen molar-refractivity contribution in [2.24, 2.45) is 0 Å². The van der Waals surface area contributed by atoms with Crippen molar-refractivity contribution >= 4 is 10.8 Å². The molecule has 2 aromatic rings. The fourth-order valence-electron chi connectivity index (χ4n) is 2.44. The number of ether oxygens (including phenoxy) is 2. The van der Waals surface area contributed by atoms with E-state index in [1.165, 1.54) is 16.3 Å². The Balaban J connectivity index is 2.09. The van der Waals surface area contributed by atoms with E-state index in [1.54, 1.807) is 14.2 Å². The van der Waals surface area contributed by atoms with Crippen LogP contribution in [-0.4, -0.2) is 33.5 Å². The monoisotopic (exact) mass is 273 g/mol. The maximum absolute atomic E-state index is 5.38. The van der Waals surface area contributed by atoms with E-state index in [2.05, 4.69) is 54.7 Å². The molecule has 2 atom stereocenters. The maximum Gasteiger partial charge on any atom is 0.0928 e. The predicted molar refractivity (Wildman–Crippen MR) is 83.0 cm³/mol. The quantitative estimate of drug-likeness (QED) is 0.840. The smallest absolute Gasteiger partial charge is 0.0928 e. The summed E-state index contributed by atoms with van der Waals surface area (Å²) in [5.41, 5.74) is 1.32. The maximum atomic E-state index is 5.38. The molecule has 2 rings (SSSR count). The van der Waals surface area contributed by atoms with Gasteiger partial charge in [-0.05, 0) is 23.3 Å². The van der Waals surface area contributed by atoms with Gasteiger partial charge in [0.2, 0.25) is 0 Å². The fraction of sp³-hybridized carbons (Fsp3) is 0.412. The van der Waals surface area contributed by atoms with Crippen molar-refractivity contribution in [2.45, 2.75) is 19.1 Å². The zero-order valence-corrected chi connectivity index (χ0v) is 12.4. The molecule has 3 nitrogen and oxygen atoms in total. The predicted octanol–water partition coefficient (Wildman–Crippen LogP) is 3.15. The van der Waals surface area contributed by atoms with Crippen LogP contribution in [0.5, 0.6) is 0 Å². The first-order chi connectivity index (χ1) is 9.76. The highest BCUT2D eigenvalue weighted by Crippen LogP contribution is 2.23. The van der Waals surface area contributed by atoms with Gasteiger partial charge >= 0.3 is 0 Å². The van der Waals surface area contributed by atoms with Crippen LogP contribution in [-0.2, 0) is 9.47 Å². The largest absolute Gasteiger partial charge is 0.382 e. The summed E-state index contributed by atoms with van der Waals surface area (Å²) in [6.45, 7) is 3.56. The van der Waals surface area contributed by atoms with Crippen molar-refractivity contribution in [1.82, 2.24) is 5.32 Å². The van der Waals surface area contributed by atoms with E-state index in [4.69, 9.17) is 9.47 Å². The summed E-state index contributed by atoms with van der Waals surface area (Å²) in [4.78, 5) is 0. The third-order valence-electron chi connectivity index (χ3n) is 3.63. The molecule has 0 saturated heterocycles. The molecule has 0 fully saturated rings. The Hall–Kier alpha value is -1.42. The molecular formula is C17H23NO2. The van der Waals surface area contributed by atoms with Crippen LogP contribution < -0.4 is 5.32 Å². The topological polar surface area (TPSA) is 30.5 Å². The van der Waals surface area contributed by atoms with E-state index >= 15 is 0 Å². The summed E-state index contributed by atoms with van der Waals surface area (Å²) >= 11 is 0. The summed E-state index contributed by atoms with van der Waals surface area (Å²) in [6, 6.07) is 15.2. The molecule has 0 spiro atoms. The zero-order valence-electron chi connectivity index (χ0n) is 12.4. The van der Waals surface area contributed by atoms with Crippen LogP contribution in [0, 0.1) is 0 Å². The normalized spacial score (nSPS) is 14.3. The van der Waals surface area contributed by atoms with Crippen LogP contribution >= 0.6 is 0 Å². The minimum atomic E-state index is 0.0810. The number of rotatable bonds is 7. The summed E-state index contributed by atoms with van der Waals surface area (Å²) in [5, 5.41) is 6.10. The second kappa shape index (κ2) is 7.39. The SMILES string of the molecule is COCC(CNC(C)c1cccc2ccccc12)OC. The lowest BCUT2D eigenvalue weighted by atomic mass is 9.99. The molecule has 0 radical (unpaired) electrons. The minimum Gasteiger partial charge on any atom is -0.382 e. The lowest BCUT2D eigenvalue weighted by molar-refractivity contribution is 0.0276. The second-order valence-corrected chi connectivity index (χ2v) is 5.01. The first-order valence-corrected chi connectivity index (χ1v) is 6.99. The highest BCUT2D eigenvalue weighted by molar-refractivity contribution is 5.86. The van der Waals surface area contributed by atoms with Gasteiger partial charge in [0.05, 0.1) is 12.7 Å². The Morgan fingerprint density at radius 3 is 2.55 bits per heavy atom. The lowest BCUT2D eigenvalue weighted by Gasteiger charge is -2.20. The number of benzene rings is 2. The summed E-state index contributed by atoms with van der Waals surface area (Å²) < 4.78 is 10.5. The van der Waals surface area contributed by atoms with Gasteiger partial charge in [0.15, 0.2) is 0 Å². The van der Waals surface area contributed by atoms with Crippen molar-refractivity contribution < 1.29 is 9.47 Å².